The smallest absolute Gasteiger partial charge is 0.303 e. The summed E-state index contributed by atoms with van der Waals surface area (Å²) in [6, 6.07) is 19.0. The lowest BCUT2D eigenvalue weighted by Crippen LogP contribution is -2.47. The van der Waals surface area contributed by atoms with Gasteiger partial charge in [0.25, 0.3) is 0 Å². The van der Waals surface area contributed by atoms with Gasteiger partial charge in [0, 0.05) is 43.4 Å². The molecule has 1 saturated carbocycles. The van der Waals surface area contributed by atoms with E-state index in [1.807, 2.05) is 17.8 Å². The minimum Gasteiger partial charge on any atom is -0.481 e. The van der Waals surface area contributed by atoms with Crippen molar-refractivity contribution in [3.05, 3.63) is 83.4 Å². The summed E-state index contributed by atoms with van der Waals surface area (Å²) in [4.78, 5) is 26.2. The SMILES string of the molecule is O=C(O)CCCC=CC[C@H]1[C@H](N2CCSCC2)C(=O)C[C@H]1OCc1ccc(Cc2ccccc2)cc1. The molecule has 6 heteroatoms. The maximum atomic E-state index is 13.1. The van der Waals surface area contributed by atoms with Gasteiger partial charge in [-0.3, -0.25) is 14.5 Å². The van der Waals surface area contributed by atoms with E-state index < -0.39 is 5.97 Å². The maximum Gasteiger partial charge on any atom is 0.303 e. The van der Waals surface area contributed by atoms with Crippen molar-refractivity contribution in [2.45, 2.75) is 57.3 Å². The first-order chi connectivity index (χ1) is 17.6. The number of ketones is 1. The Hall–Kier alpha value is -2.41. The Morgan fingerprint density at radius 2 is 1.69 bits per heavy atom. The van der Waals surface area contributed by atoms with Gasteiger partial charge in [-0.1, -0.05) is 66.7 Å². The van der Waals surface area contributed by atoms with Crippen molar-refractivity contribution in [3.8, 4) is 0 Å². The first kappa shape index (κ1) is 26.6. The molecule has 4 rings (SSSR count). The molecule has 2 aliphatic rings. The number of carbonyl (C=O) groups is 2. The van der Waals surface area contributed by atoms with Gasteiger partial charge in [0.15, 0.2) is 5.78 Å². The summed E-state index contributed by atoms with van der Waals surface area (Å²) in [5.41, 5.74) is 3.70. The summed E-state index contributed by atoms with van der Waals surface area (Å²) < 4.78 is 6.40. The van der Waals surface area contributed by atoms with Crippen LogP contribution in [0.3, 0.4) is 0 Å². The predicted octanol–water partition coefficient (Wildman–Crippen LogP) is 5.37. The van der Waals surface area contributed by atoms with Gasteiger partial charge in [0.05, 0.1) is 18.8 Å². The first-order valence-corrected chi connectivity index (χ1v) is 14.2. The number of unbranched alkanes of at least 4 members (excludes halogenated alkanes) is 1. The molecule has 1 heterocycles. The Morgan fingerprint density at radius 1 is 1.00 bits per heavy atom. The average molecular weight is 508 g/mol. The number of hydrogen-bond donors (Lipinski definition) is 1. The van der Waals surface area contributed by atoms with Crippen LogP contribution in [-0.2, 0) is 27.4 Å². The number of Topliss-reactive ketones (excluding diaryl/α,β-unsaturated/α-hetero) is 1. The number of carbonyl (C=O) groups excluding carboxylic acids is 1. The van der Waals surface area contributed by atoms with Crippen LogP contribution in [0.25, 0.3) is 0 Å². The molecule has 2 aromatic carbocycles. The van der Waals surface area contributed by atoms with E-state index in [0.29, 0.717) is 25.2 Å². The maximum absolute atomic E-state index is 13.1. The van der Waals surface area contributed by atoms with Crippen LogP contribution in [0.2, 0.25) is 0 Å². The Bertz CT molecular complexity index is 1000. The van der Waals surface area contributed by atoms with Crippen molar-refractivity contribution in [2.24, 2.45) is 5.92 Å². The largest absolute Gasteiger partial charge is 0.481 e. The standard InChI is InChI=1S/C30H37NO4S/c32-27-21-28(35-22-25-14-12-24(13-15-25)20-23-8-4-3-5-9-23)26(10-6-1-2-7-11-29(33)34)30(27)31-16-18-36-19-17-31/h1,3-6,8-9,12-15,26,28,30H,2,7,10-11,16-22H2,(H,33,34)/t26-,28-,30+/m1/s1. The van der Waals surface area contributed by atoms with Gasteiger partial charge in [0.1, 0.15) is 0 Å². The number of ether oxygens (including phenoxy) is 1. The summed E-state index contributed by atoms with van der Waals surface area (Å²) in [6.45, 7) is 2.41. The Balaban J connectivity index is 1.36. The quantitative estimate of drug-likeness (QED) is 0.308. The van der Waals surface area contributed by atoms with E-state index in [1.54, 1.807) is 0 Å². The molecular formula is C30H37NO4S. The number of carboxylic acid groups (broad SMARTS) is 1. The molecule has 192 valence electrons. The molecule has 1 saturated heterocycles. The van der Waals surface area contributed by atoms with Crippen LogP contribution >= 0.6 is 11.8 Å². The van der Waals surface area contributed by atoms with Gasteiger partial charge in [-0.2, -0.15) is 11.8 Å². The highest BCUT2D eigenvalue weighted by Gasteiger charge is 2.45. The zero-order valence-corrected chi connectivity index (χ0v) is 21.7. The molecule has 0 aromatic heterocycles. The molecule has 1 N–H and O–H groups in total. The fraction of sp³-hybridized carbons (Fsp3) is 0.467. The second kappa shape index (κ2) is 13.8. The Morgan fingerprint density at radius 3 is 2.42 bits per heavy atom. The molecule has 1 aliphatic carbocycles. The molecular weight excluding hydrogens is 470 g/mol. The minimum absolute atomic E-state index is 0.0761. The van der Waals surface area contributed by atoms with Crippen molar-refractivity contribution in [1.82, 2.24) is 4.90 Å². The van der Waals surface area contributed by atoms with Crippen LogP contribution in [0.5, 0.6) is 0 Å². The molecule has 5 nitrogen and oxygen atoms in total. The lowest BCUT2D eigenvalue weighted by Gasteiger charge is -2.35. The number of aliphatic carboxylic acids is 1. The third-order valence-corrected chi connectivity index (χ3v) is 8.07. The zero-order chi connectivity index (χ0) is 25.2. The van der Waals surface area contributed by atoms with Crippen molar-refractivity contribution < 1.29 is 19.4 Å². The topological polar surface area (TPSA) is 66.8 Å². The number of nitrogens with zero attached hydrogens (tertiary/aromatic N) is 1. The highest BCUT2D eigenvalue weighted by atomic mass is 32.2. The fourth-order valence-electron chi connectivity index (χ4n) is 5.24. The number of carboxylic acids is 1. The summed E-state index contributed by atoms with van der Waals surface area (Å²) in [6.07, 6.45) is 7.85. The number of thioether (sulfide) groups is 1. The second-order valence-electron chi connectivity index (χ2n) is 9.75. The van der Waals surface area contributed by atoms with E-state index >= 15 is 0 Å². The molecule has 0 radical (unpaired) electrons. The van der Waals surface area contributed by atoms with Crippen molar-refractivity contribution in [3.63, 3.8) is 0 Å². The average Bonchev–Trinajstić information content (AvgIpc) is 3.21. The van der Waals surface area contributed by atoms with Gasteiger partial charge in [0.2, 0.25) is 0 Å². The summed E-state index contributed by atoms with van der Waals surface area (Å²) >= 11 is 1.95. The lowest BCUT2D eigenvalue weighted by molar-refractivity contribution is -0.137. The van der Waals surface area contributed by atoms with Crippen LogP contribution in [0, 0.1) is 5.92 Å². The third kappa shape index (κ3) is 7.79. The van der Waals surface area contributed by atoms with E-state index in [4.69, 9.17) is 9.84 Å². The van der Waals surface area contributed by atoms with E-state index in [1.165, 1.54) is 11.1 Å². The van der Waals surface area contributed by atoms with Gasteiger partial charge < -0.3 is 9.84 Å². The molecule has 0 unspecified atom stereocenters. The fourth-order valence-corrected chi connectivity index (χ4v) is 6.17. The van der Waals surface area contributed by atoms with Gasteiger partial charge in [-0.25, -0.2) is 0 Å². The molecule has 0 amide bonds. The molecule has 3 atom stereocenters. The summed E-state index contributed by atoms with van der Waals surface area (Å²) in [5.74, 6) is 1.82. The minimum atomic E-state index is -0.755. The van der Waals surface area contributed by atoms with Crippen LogP contribution in [0.15, 0.2) is 66.7 Å². The van der Waals surface area contributed by atoms with Crippen LogP contribution in [0.4, 0.5) is 0 Å². The van der Waals surface area contributed by atoms with Crippen LogP contribution in [-0.4, -0.2) is 58.5 Å². The monoisotopic (exact) mass is 507 g/mol. The summed E-state index contributed by atoms with van der Waals surface area (Å²) in [7, 11) is 0. The zero-order valence-electron chi connectivity index (χ0n) is 20.9. The molecule has 2 aromatic rings. The molecule has 36 heavy (non-hydrogen) atoms. The molecule has 0 spiro atoms. The van der Waals surface area contributed by atoms with E-state index in [9.17, 15) is 9.59 Å². The Labute approximate surface area is 218 Å². The lowest BCUT2D eigenvalue weighted by atomic mass is 9.95. The highest BCUT2D eigenvalue weighted by Crippen LogP contribution is 2.34. The van der Waals surface area contributed by atoms with Crippen molar-refractivity contribution in [1.29, 1.82) is 0 Å². The van der Waals surface area contributed by atoms with E-state index in [0.717, 1.165) is 49.4 Å². The number of allylic oxidation sites excluding steroid dienone is 2. The molecule has 2 fully saturated rings. The normalized spacial score (nSPS) is 22.9. The number of benzene rings is 2. The second-order valence-corrected chi connectivity index (χ2v) is 11.0. The van der Waals surface area contributed by atoms with Gasteiger partial charge in [-0.15, -0.1) is 0 Å². The number of hydrogen-bond acceptors (Lipinski definition) is 5. The highest BCUT2D eigenvalue weighted by molar-refractivity contribution is 7.99. The van der Waals surface area contributed by atoms with Crippen LogP contribution < -0.4 is 0 Å². The molecule has 1 aliphatic heterocycles. The van der Waals surface area contributed by atoms with E-state index in [-0.39, 0.29) is 24.5 Å². The summed E-state index contributed by atoms with van der Waals surface area (Å²) in [5, 5.41) is 8.83. The number of rotatable bonds is 12. The predicted molar refractivity (Wildman–Crippen MR) is 145 cm³/mol. The van der Waals surface area contributed by atoms with Crippen molar-refractivity contribution >= 4 is 23.5 Å². The Kier molecular flexibility index (Phi) is 10.2. The first-order valence-electron chi connectivity index (χ1n) is 13.0. The molecule has 0 bridgehead atoms. The van der Waals surface area contributed by atoms with E-state index in [2.05, 4.69) is 65.6 Å². The van der Waals surface area contributed by atoms with Crippen LogP contribution in [0.1, 0.15) is 48.8 Å². The van der Waals surface area contributed by atoms with Crippen molar-refractivity contribution in [2.75, 3.05) is 24.6 Å². The van der Waals surface area contributed by atoms with Gasteiger partial charge in [-0.05, 0) is 42.4 Å². The van der Waals surface area contributed by atoms with Gasteiger partial charge >= 0.3 is 5.97 Å². The third-order valence-electron chi connectivity index (χ3n) is 7.13.